The molecule has 0 heterocycles. The standard InChI is InChI=1S/C24H37NO6/c1-17(2)31-22-16-19(15-21(27)23(22)18-10-9-11-20(26)14-18)24(3,4)12-7-5-6-8-13-30-25(28)29/h15-18,27H,5-14H2,1-4H3. The molecular formula is C24H37NO6. The number of hydrogen-bond donors (Lipinski definition) is 1. The minimum Gasteiger partial charge on any atom is -0.508 e. The van der Waals surface area contributed by atoms with Gasteiger partial charge in [0.15, 0.2) is 0 Å². The molecule has 1 aliphatic carbocycles. The second-order valence-corrected chi connectivity index (χ2v) is 9.51. The lowest BCUT2D eigenvalue weighted by molar-refractivity contribution is -0.757. The van der Waals surface area contributed by atoms with Crippen molar-refractivity contribution in [3.05, 3.63) is 33.4 Å². The summed E-state index contributed by atoms with van der Waals surface area (Å²) in [5.41, 5.74) is 1.63. The van der Waals surface area contributed by atoms with Gasteiger partial charge in [-0.2, -0.15) is 0 Å². The number of ether oxygens (including phenoxy) is 1. The Labute approximate surface area is 185 Å². The Morgan fingerprint density at radius 1 is 1.23 bits per heavy atom. The average molecular weight is 436 g/mol. The maximum absolute atomic E-state index is 12.0. The minimum atomic E-state index is -0.751. The summed E-state index contributed by atoms with van der Waals surface area (Å²) in [4.78, 5) is 26.5. The molecule has 1 aliphatic rings. The van der Waals surface area contributed by atoms with Crippen LogP contribution in [0.3, 0.4) is 0 Å². The highest BCUT2D eigenvalue weighted by Crippen LogP contribution is 2.45. The summed E-state index contributed by atoms with van der Waals surface area (Å²) in [6.45, 7) is 8.38. The van der Waals surface area contributed by atoms with Gasteiger partial charge in [-0.15, -0.1) is 10.1 Å². The van der Waals surface area contributed by atoms with Crippen LogP contribution in [0.2, 0.25) is 0 Å². The third kappa shape index (κ3) is 7.71. The molecule has 1 fully saturated rings. The van der Waals surface area contributed by atoms with Crippen LogP contribution < -0.4 is 4.74 Å². The highest BCUT2D eigenvalue weighted by molar-refractivity contribution is 5.80. The lowest BCUT2D eigenvalue weighted by Gasteiger charge is -2.30. The number of nitrogens with zero attached hydrogens (tertiary/aromatic N) is 1. The van der Waals surface area contributed by atoms with Gasteiger partial charge in [0.25, 0.3) is 5.09 Å². The molecule has 1 N–H and O–H groups in total. The number of hydrogen-bond acceptors (Lipinski definition) is 6. The fourth-order valence-electron chi connectivity index (χ4n) is 4.34. The van der Waals surface area contributed by atoms with Crippen LogP contribution in [0, 0.1) is 10.1 Å². The molecule has 31 heavy (non-hydrogen) atoms. The normalized spacial score (nSPS) is 17.1. The first-order valence-corrected chi connectivity index (χ1v) is 11.4. The molecule has 1 aromatic rings. The molecule has 1 saturated carbocycles. The Morgan fingerprint density at radius 3 is 2.58 bits per heavy atom. The maximum Gasteiger partial charge on any atom is 0.294 e. The van der Waals surface area contributed by atoms with E-state index in [1.165, 1.54) is 0 Å². The summed E-state index contributed by atoms with van der Waals surface area (Å²) >= 11 is 0. The summed E-state index contributed by atoms with van der Waals surface area (Å²) in [5.74, 6) is 1.17. The van der Waals surface area contributed by atoms with Crippen LogP contribution in [0.15, 0.2) is 12.1 Å². The van der Waals surface area contributed by atoms with E-state index >= 15 is 0 Å². The van der Waals surface area contributed by atoms with Crippen molar-refractivity contribution in [3.63, 3.8) is 0 Å². The Morgan fingerprint density at radius 2 is 1.94 bits per heavy atom. The lowest BCUT2D eigenvalue weighted by atomic mass is 9.77. The summed E-state index contributed by atoms with van der Waals surface area (Å²) in [5, 5.41) is 20.4. The van der Waals surface area contributed by atoms with E-state index < -0.39 is 5.09 Å². The number of benzene rings is 1. The van der Waals surface area contributed by atoms with Crippen molar-refractivity contribution in [1.29, 1.82) is 0 Å². The van der Waals surface area contributed by atoms with Gasteiger partial charge >= 0.3 is 0 Å². The first-order valence-electron chi connectivity index (χ1n) is 11.4. The molecule has 0 spiro atoms. The highest BCUT2D eigenvalue weighted by Gasteiger charge is 2.30. The fraction of sp³-hybridized carbons (Fsp3) is 0.708. The molecule has 0 saturated heterocycles. The first kappa shape index (κ1) is 25.0. The van der Waals surface area contributed by atoms with E-state index in [-0.39, 0.29) is 35.6 Å². The molecule has 174 valence electrons. The molecule has 1 aromatic carbocycles. The number of Topliss-reactive ketones (excluding diaryl/α,β-unsaturated/α-hetero) is 1. The number of phenols is 1. The molecule has 0 amide bonds. The predicted molar refractivity (Wildman–Crippen MR) is 119 cm³/mol. The van der Waals surface area contributed by atoms with Gasteiger partial charge < -0.3 is 14.7 Å². The topological polar surface area (TPSA) is 98.9 Å². The molecular weight excluding hydrogens is 398 g/mol. The van der Waals surface area contributed by atoms with Crippen molar-refractivity contribution in [2.24, 2.45) is 0 Å². The number of unbranched alkanes of at least 4 members (excludes halogenated alkanes) is 3. The van der Waals surface area contributed by atoms with Crippen molar-refractivity contribution in [3.8, 4) is 11.5 Å². The van der Waals surface area contributed by atoms with Crippen LogP contribution >= 0.6 is 0 Å². The zero-order valence-corrected chi connectivity index (χ0v) is 19.3. The van der Waals surface area contributed by atoms with E-state index in [1.807, 2.05) is 26.0 Å². The van der Waals surface area contributed by atoms with Gasteiger partial charge in [0.05, 0.1) is 12.7 Å². The SMILES string of the molecule is CC(C)Oc1cc(C(C)(C)CCCCCCO[N+](=O)[O-])cc(O)c1C1CCCC(=O)C1. The second-order valence-electron chi connectivity index (χ2n) is 9.51. The van der Waals surface area contributed by atoms with E-state index in [9.17, 15) is 20.0 Å². The Bertz CT molecular complexity index is 759. The Kier molecular flexibility index (Phi) is 9.14. The number of phenolic OH excluding ortho intramolecular Hbond substituents is 1. The summed E-state index contributed by atoms with van der Waals surface area (Å²) < 4.78 is 6.10. The number of carbonyl (C=O) groups is 1. The van der Waals surface area contributed by atoms with Crippen LogP contribution in [-0.2, 0) is 15.0 Å². The number of rotatable bonds is 12. The fourth-order valence-corrected chi connectivity index (χ4v) is 4.34. The third-order valence-electron chi connectivity index (χ3n) is 6.05. The molecule has 1 atom stereocenters. The monoisotopic (exact) mass is 435 g/mol. The third-order valence-corrected chi connectivity index (χ3v) is 6.05. The van der Waals surface area contributed by atoms with Gasteiger partial charge in [-0.1, -0.05) is 33.1 Å². The smallest absolute Gasteiger partial charge is 0.294 e. The van der Waals surface area contributed by atoms with Crippen molar-refractivity contribution in [2.75, 3.05) is 6.61 Å². The Balaban J connectivity index is 2.09. The number of ketones is 1. The average Bonchev–Trinajstić information content (AvgIpc) is 2.66. The molecule has 0 aromatic heterocycles. The van der Waals surface area contributed by atoms with Crippen LogP contribution in [0.1, 0.15) is 103 Å². The first-order chi connectivity index (χ1) is 14.6. The number of carbonyl (C=O) groups excluding carboxylic acids is 1. The van der Waals surface area contributed by atoms with E-state index in [1.54, 1.807) is 0 Å². The van der Waals surface area contributed by atoms with Gasteiger partial charge in [0.2, 0.25) is 0 Å². The van der Waals surface area contributed by atoms with Crippen LogP contribution in [-0.4, -0.2) is 28.7 Å². The molecule has 7 heteroatoms. The maximum atomic E-state index is 12.0. The largest absolute Gasteiger partial charge is 0.508 e. The van der Waals surface area contributed by atoms with Crippen molar-refractivity contribution in [1.82, 2.24) is 0 Å². The summed E-state index contributed by atoms with van der Waals surface area (Å²) in [6.07, 6.45) is 7.21. The Hall–Kier alpha value is -2.31. The van der Waals surface area contributed by atoms with Gasteiger partial charge in [0.1, 0.15) is 17.3 Å². The van der Waals surface area contributed by atoms with Crippen molar-refractivity contribution >= 4 is 5.78 Å². The van der Waals surface area contributed by atoms with Gasteiger partial charge in [0, 0.05) is 18.4 Å². The van der Waals surface area contributed by atoms with E-state index in [4.69, 9.17) is 4.74 Å². The molecule has 7 nitrogen and oxygen atoms in total. The number of aromatic hydroxyl groups is 1. The van der Waals surface area contributed by atoms with Crippen LogP contribution in [0.4, 0.5) is 0 Å². The summed E-state index contributed by atoms with van der Waals surface area (Å²) in [6, 6.07) is 3.88. The molecule has 0 bridgehead atoms. The van der Waals surface area contributed by atoms with Crippen LogP contribution in [0.5, 0.6) is 11.5 Å². The van der Waals surface area contributed by atoms with Gasteiger partial charge in [-0.3, -0.25) is 4.79 Å². The lowest BCUT2D eigenvalue weighted by Crippen LogP contribution is -2.20. The predicted octanol–water partition coefficient (Wildman–Crippen LogP) is 5.84. The van der Waals surface area contributed by atoms with E-state index in [0.717, 1.165) is 49.7 Å². The van der Waals surface area contributed by atoms with Gasteiger partial charge in [-0.05, 0) is 68.6 Å². The minimum absolute atomic E-state index is 0.00791. The molecule has 0 radical (unpaired) electrons. The quantitative estimate of drug-likeness (QED) is 0.251. The zero-order valence-electron chi connectivity index (χ0n) is 19.3. The summed E-state index contributed by atoms with van der Waals surface area (Å²) in [7, 11) is 0. The molecule has 0 aliphatic heterocycles. The van der Waals surface area contributed by atoms with E-state index in [0.29, 0.717) is 25.0 Å². The zero-order chi connectivity index (χ0) is 23.0. The van der Waals surface area contributed by atoms with Crippen molar-refractivity contribution < 1.29 is 24.6 Å². The van der Waals surface area contributed by atoms with Crippen LogP contribution in [0.25, 0.3) is 0 Å². The van der Waals surface area contributed by atoms with Crippen molar-refractivity contribution in [2.45, 2.75) is 103 Å². The van der Waals surface area contributed by atoms with Gasteiger partial charge in [-0.25, -0.2) is 0 Å². The highest BCUT2D eigenvalue weighted by atomic mass is 16.9. The van der Waals surface area contributed by atoms with E-state index in [2.05, 4.69) is 18.7 Å². The second kappa shape index (κ2) is 11.3. The molecule has 2 rings (SSSR count). The molecule has 1 unspecified atom stereocenters.